The van der Waals surface area contributed by atoms with Crippen molar-refractivity contribution in [3.05, 3.63) is 52.5 Å². The van der Waals surface area contributed by atoms with Gasteiger partial charge in [0.2, 0.25) is 5.91 Å². The third-order valence-corrected chi connectivity index (χ3v) is 5.26. The van der Waals surface area contributed by atoms with E-state index in [0.717, 1.165) is 20.0 Å². The zero-order valence-electron chi connectivity index (χ0n) is 12.8. The van der Waals surface area contributed by atoms with Gasteiger partial charge in [-0.3, -0.25) is 9.59 Å². The van der Waals surface area contributed by atoms with E-state index in [4.69, 9.17) is 0 Å². The van der Waals surface area contributed by atoms with Crippen LogP contribution in [0.5, 0.6) is 0 Å². The molecule has 0 bridgehead atoms. The van der Waals surface area contributed by atoms with Crippen molar-refractivity contribution in [3.63, 3.8) is 0 Å². The Balaban J connectivity index is 2.08. The molecule has 0 radical (unpaired) electrons. The van der Waals surface area contributed by atoms with Gasteiger partial charge in [-0.15, -0.1) is 23.5 Å². The van der Waals surface area contributed by atoms with Crippen LogP contribution in [0.3, 0.4) is 0 Å². The Bertz CT molecular complexity index is 734. The molecule has 2 aromatic carbocycles. The lowest BCUT2D eigenvalue weighted by Gasteiger charge is -2.10. The van der Waals surface area contributed by atoms with Crippen molar-refractivity contribution in [1.82, 2.24) is 0 Å². The van der Waals surface area contributed by atoms with Gasteiger partial charge in [-0.1, -0.05) is 22.0 Å². The topological polar surface area (TPSA) is 46.2 Å². The molecule has 0 aliphatic heterocycles. The number of carbonyl (C=O) groups is 2. The zero-order chi connectivity index (χ0) is 16.8. The number of halogens is 1. The number of anilines is 1. The van der Waals surface area contributed by atoms with Gasteiger partial charge in [0.25, 0.3) is 0 Å². The Labute approximate surface area is 152 Å². The zero-order valence-corrected chi connectivity index (χ0v) is 16.0. The monoisotopic (exact) mass is 409 g/mol. The third kappa shape index (κ3) is 5.41. The highest BCUT2D eigenvalue weighted by Gasteiger charge is 2.11. The molecular formula is C17H16BrNO2S2. The van der Waals surface area contributed by atoms with Crippen LogP contribution >= 0.6 is 39.5 Å². The molecule has 1 N–H and O–H groups in total. The average molecular weight is 410 g/mol. The number of hydrogen-bond acceptors (Lipinski definition) is 4. The number of rotatable bonds is 6. The molecule has 2 aromatic rings. The lowest BCUT2D eigenvalue weighted by atomic mass is 10.1. The van der Waals surface area contributed by atoms with Crippen LogP contribution in [0, 0.1) is 0 Å². The molecule has 1 amide bonds. The summed E-state index contributed by atoms with van der Waals surface area (Å²) >= 11 is 6.44. The van der Waals surface area contributed by atoms with Crippen LogP contribution in [-0.4, -0.2) is 23.7 Å². The summed E-state index contributed by atoms with van der Waals surface area (Å²) in [5.41, 5.74) is 1.40. The fraction of sp³-hybridized carbons (Fsp3) is 0.176. The van der Waals surface area contributed by atoms with Gasteiger partial charge in [0.1, 0.15) is 0 Å². The molecule has 0 aliphatic rings. The normalized spacial score (nSPS) is 10.4. The molecule has 0 aromatic heterocycles. The quantitative estimate of drug-likeness (QED) is 0.532. The number of carbonyl (C=O) groups excluding carboxylic acids is 2. The third-order valence-electron chi connectivity index (χ3n) is 3.00. The molecule has 120 valence electrons. The molecule has 0 saturated carbocycles. The summed E-state index contributed by atoms with van der Waals surface area (Å²) in [6, 6.07) is 13.3. The number of thioether (sulfide) groups is 2. The van der Waals surface area contributed by atoms with E-state index in [1.165, 1.54) is 30.4 Å². The maximum Gasteiger partial charge on any atom is 0.221 e. The Hall–Kier alpha value is -1.24. The molecule has 23 heavy (non-hydrogen) atoms. The Morgan fingerprint density at radius 2 is 1.96 bits per heavy atom. The second-order valence-electron chi connectivity index (χ2n) is 4.77. The van der Waals surface area contributed by atoms with E-state index >= 15 is 0 Å². The summed E-state index contributed by atoms with van der Waals surface area (Å²) in [5, 5.41) is 2.77. The van der Waals surface area contributed by atoms with Crippen molar-refractivity contribution in [3.8, 4) is 0 Å². The van der Waals surface area contributed by atoms with Gasteiger partial charge in [0.05, 0.1) is 11.4 Å². The molecule has 0 spiro atoms. The van der Waals surface area contributed by atoms with Gasteiger partial charge in [0.15, 0.2) is 5.78 Å². The Morgan fingerprint density at radius 3 is 2.61 bits per heavy atom. The number of Topliss-reactive ketones (excluding diaryl/α,β-unsaturated/α-hetero) is 1. The SMILES string of the molecule is CSc1cc(C(=O)CSc2cccc(Br)c2)ccc1NC(C)=O. The van der Waals surface area contributed by atoms with Gasteiger partial charge < -0.3 is 5.32 Å². The number of benzene rings is 2. The van der Waals surface area contributed by atoms with Gasteiger partial charge in [-0.25, -0.2) is 0 Å². The van der Waals surface area contributed by atoms with E-state index < -0.39 is 0 Å². The van der Waals surface area contributed by atoms with E-state index in [9.17, 15) is 9.59 Å². The molecule has 0 heterocycles. The van der Waals surface area contributed by atoms with Crippen molar-refractivity contribution < 1.29 is 9.59 Å². The molecule has 6 heteroatoms. The predicted molar refractivity (Wildman–Crippen MR) is 102 cm³/mol. The average Bonchev–Trinajstić information content (AvgIpc) is 2.52. The lowest BCUT2D eigenvalue weighted by Crippen LogP contribution is -2.08. The molecule has 0 saturated heterocycles. The molecule has 3 nitrogen and oxygen atoms in total. The highest BCUT2D eigenvalue weighted by Crippen LogP contribution is 2.28. The Morgan fingerprint density at radius 1 is 1.17 bits per heavy atom. The minimum atomic E-state index is -0.121. The first-order chi connectivity index (χ1) is 11.0. The standard InChI is InChI=1S/C17H16BrNO2S2/c1-11(20)19-15-7-6-12(8-17(15)22-2)16(21)10-23-14-5-3-4-13(18)9-14/h3-9H,10H2,1-2H3,(H,19,20). The van der Waals surface area contributed by atoms with E-state index in [0.29, 0.717) is 11.3 Å². The molecular weight excluding hydrogens is 394 g/mol. The summed E-state index contributed by atoms with van der Waals surface area (Å²) in [5.74, 6) is 0.327. The summed E-state index contributed by atoms with van der Waals surface area (Å²) in [4.78, 5) is 25.5. The summed E-state index contributed by atoms with van der Waals surface area (Å²) < 4.78 is 0.999. The summed E-state index contributed by atoms with van der Waals surface area (Å²) in [6.45, 7) is 1.47. The smallest absolute Gasteiger partial charge is 0.221 e. The number of hydrogen-bond donors (Lipinski definition) is 1. The molecule has 0 unspecified atom stereocenters. The molecule has 0 fully saturated rings. The van der Waals surface area contributed by atoms with E-state index in [1.807, 2.05) is 36.6 Å². The molecule has 0 aliphatic carbocycles. The largest absolute Gasteiger partial charge is 0.325 e. The summed E-state index contributed by atoms with van der Waals surface area (Å²) in [7, 11) is 0. The van der Waals surface area contributed by atoms with Crippen molar-refractivity contribution >= 4 is 56.8 Å². The predicted octanol–water partition coefficient (Wildman–Crippen LogP) is 5.10. The van der Waals surface area contributed by atoms with Crippen molar-refractivity contribution in [2.45, 2.75) is 16.7 Å². The van der Waals surface area contributed by atoms with Crippen LogP contribution in [0.2, 0.25) is 0 Å². The highest BCUT2D eigenvalue weighted by atomic mass is 79.9. The van der Waals surface area contributed by atoms with E-state index in [-0.39, 0.29) is 11.7 Å². The van der Waals surface area contributed by atoms with Crippen LogP contribution in [0.4, 0.5) is 5.69 Å². The first kappa shape index (κ1) is 18.1. The van der Waals surface area contributed by atoms with E-state index in [1.54, 1.807) is 12.1 Å². The Kier molecular flexibility index (Phi) is 6.74. The molecule has 2 rings (SSSR count). The maximum atomic E-state index is 12.4. The first-order valence-corrected chi connectivity index (χ1v) is 9.87. The summed E-state index contributed by atoms with van der Waals surface area (Å²) in [6.07, 6.45) is 1.92. The fourth-order valence-corrected chi connectivity index (χ4v) is 3.93. The minimum absolute atomic E-state index is 0.0691. The van der Waals surface area contributed by atoms with Crippen molar-refractivity contribution in [2.75, 3.05) is 17.3 Å². The second-order valence-corrected chi connectivity index (χ2v) is 7.58. The minimum Gasteiger partial charge on any atom is -0.325 e. The van der Waals surface area contributed by atoms with Gasteiger partial charge in [0, 0.05) is 26.8 Å². The molecule has 0 atom stereocenters. The van der Waals surface area contributed by atoms with E-state index in [2.05, 4.69) is 21.2 Å². The van der Waals surface area contributed by atoms with Crippen LogP contribution in [0.15, 0.2) is 56.7 Å². The second kappa shape index (κ2) is 8.57. The first-order valence-electron chi connectivity index (χ1n) is 6.87. The van der Waals surface area contributed by atoms with Crippen LogP contribution in [0.1, 0.15) is 17.3 Å². The van der Waals surface area contributed by atoms with Crippen LogP contribution in [-0.2, 0) is 4.79 Å². The van der Waals surface area contributed by atoms with Crippen molar-refractivity contribution in [2.24, 2.45) is 0 Å². The fourth-order valence-electron chi connectivity index (χ4n) is 1.95. The van der Waals surface area contributed by atoms with Gasteiger partial charge >= 0.3 is 0 Å². The van der Waals surface area contributed by atoms with Gasteiger partial charge in [-0.05, 0) is 42.7 Å². The van der Waals surface area contributed by atoms with Gasteiger partial charge in [-0.2, -0.15) is 0 Å². The number of amides is 1. The number of nitrogens with one attached hydrogen (secondary N) is 1. The highest BCUT2D eigenvalue weighted by molar-refractivity contribution is 9.10. The number of ketones is 1. The van der Waals surface area contributed by atoms with Crippen LogP contribution < -0.4 is 5.32 Å². The maximum absolute atomic E-state index is 12.4. The van der Waals surface area contributed by atoms with Crippen molar-refractivity contribution in [1.29, 1.82) is 0 Å². The lowest BCUT2D eigenvalue weighted by molar-refractivity contribution is -0.114. The van der Waals surface area contributed by atoms with Crippen LogP contribution in [0.25, 0.3) is 0 Å².